The Morgan fingerprint density at radius 3 is 2.33 bits per heavy atom. The van der Waals surface area contributed by atoms with Crippen LogP contribution in [0.3, 0.4) is 0 Å². The van der Waals surface area contributed by atoms with E-state index in [0.29, 0.717) is 11.3 Å². The third-order valence-electron chi connectivity index (χ3n) is 2.18. The molecular formula is C10H11NO. The van der Waals surface area contributed by atoms with Gasteiger partial charge >= 0.3 is 0 Å². The Kier molecular flexibility index (Phi) is 2.05. The molecule has 1 aromatic carbocycles. The Labute approximate surface area is 72.1 Å². The van der Waals surface area contributed by atoms with Crippen molar-refractivity contribution in [2.24, 2.45) is 0 Å². The van der Waals surface area contributed by atoms with Crippen LogP contribution in [0.15, 0.2) is 6.07 Å². The van der Waals surface area contributed by atoms with Crippen molar-refractivity contribution in [3.05, 3.63) is 28.3 Å². The van der Waals surface area contributed by atoms with E-state index in [9.17, 15) is 5.11 Å². The van der Waals surface area contributed by atoms with Crippen LogP contribution in [0.25, 0.3) is 0 Å². The van der Waals surface area contributed by atoms with Gasteiger partial charge in [0.1, 0.15) is 5.75 Å². The summed E-state index contributed by atoms with van der Waals surface area (Å²) >= 11 is 0. The summed E-state index contributed by atoms with van der Waals surface area (Å²) in [4.78, 5) is 0. The summed E-state index contributed by atoms with van der Waals surface area (Å²) in [6.07, 6.45) is 0. The minimum absolute atomic E-state index is 0.298. The predicted octanol–water partition coefficient (Wildman–Crippen LogP) is 2.19. The smallest absolute Gasteiger partial charge is 0.121 e. The lowest BCUT2D eigenvalue weighted by Crippen LogP contribution is -1.90. The monoisotopic (exact) mass is 161 g/mol. The van der Waals surface area contributed by atoms with Crippen molar-refractivity contribution < 1.29 is 5.11 Å². The highest BCUT2D eigenvalue weighted by molar-refractivity contribution is 5.52. The number of phenolic OH excluding ortho intramolecular Hbond substituents is 1. The first-order valence-electron chi connectivity index (χ1n) is 3.77. The lowest BCUT2D eigenvalue weighted by atomic mass is 10.00. The lowest BCUT2D eigenvalue weighted by molar-refractivity contribution is 0.466. The van der Waals surface area contributed by atoms with Crippen LogP contribution < -0.4 is 0 Å². The Morgan fingerprint density at radius 2 is 1.83 bits per heavy atom. The quantitative estimate of drug-likeness (QED) is 0.633. The van der Waals surface area contributed by atoms with Crippen LogP contribution >= 0.6 is 0 Å². The summed E-state index contributed by atoms with van der Waals surface area (Å²) in [5.74, 6) is 0.298. The summed E-state index contributed by atoms with van der Waals surface area (Å²) in [6, 6.07) is 3.80. The maximum Gasteiger partial charge on any atom is 0.121 e. The third kappa shape index (κ3) is 1.14. The largest absolute Gasteiger partial charge is 0.507 e. The molecule has 0 unspecified atom stereocenters. The predicted molar refractivity (Wildman–Crippen MR) is 47.0 cm³/mol. The molecule has 1 rings (SSSR count). The number of aromatic hydroxyl groups is 1. The molecule has 0 aliphatic heterocycles. The molecule has 62 valence electrons. The van der Waals surface area contributed by atoms with Crippen molar-refractivity contribution in [1.82, 2.24) is 0 Å². The fourth-order valence-corrected chi connectivity index (χ4v) is 1.18. The van der Waals surface area contributed by atoms with Gasteiger partial charge in [0.2, 0.25) is 0 Å². The highest BCUT2D eigenvalue weighted by Gasteiger charge is 2.07. The van der Waals surface area contributed by atoms with E-state index in [1.807, 2.05) is 13.8 Å². The summed E-state index contributed by atoms with van der Waals surface area (Å²) in [5.41, 5.74) is 3.06. The topological polar surface area (TPSA) is 44.0 Å². The standard InChI is InChI=1S/C10H11NO/c1-6-4-9(5-11)7(2)8(3)10(6)12/h4,12H,1-3H3. The van der Waals surface area contributed by atoms with Crippen molar-refractivity contribution >= 4 is 0 Å². The molecule has 0 bridgehead atoms. The van der Waals surface area contributed by atoms with Crippen LogP contribution in [0.2, 0.25) is 0 Å². The van der Waals surface area contributed by atoms with Gasteiger partial charge in [-0.05, 0) is 43.5 Å². The minimum Gasteiger partial charge on any atom is -0.507 e. The maximum atomic E-state index is 9.50. The van der Waals surface area contributed by atoms with Crippen LogP contribution in [0.1, 0.15) is 22.3 Å². The summed E-state index contributed by atoms with van der Waals surface area (Å²) in [6.45, 7) is 5.45. The van der Waals surface area contributed by atoms with Crippen molar-refractivity contribution in [1.29, 1.82) is 5.26 Å². The number of nitriles is 1. The molecule has 0 atom stereocenters. The second kappa shape index (κ2) is 2.86. The number of phenols is 1. The maximum absolute atomic E-state index is 9.50. The highest BCUT2D eigenvalue weighted by Crippen LogP contribution is 2.26. The lowest BCUT2D eigenvalue weighted by Gasteiger charge is -2.07. The van der Waals surface area contributed by atoms with Crippen molar-refractivity contribution in [3.8, 4) is 11.8 Å². The zero-order chi connectivity index (χ0) is 9.30. The first-order chi connectivity index (χ1) is 5.57. The first-order valence-corrected chi connectivity index (χ1v) is 3.77. The second-order valence-corrected chi connectivity index (χ2v) is 2.95. The van der Waals surface area contributed by atoms with Crippen molar-refractivity contribution in [2.75, 3.05) is 0 Å². The van der Waals surface area contributed by atoms with E-state index >= 15 is 0 Å². The zero-order valence-electron chi connectivity index (χ0n) is 7.47. The molecule has 0 aliphatic carbocycles. The fourth-order valence-electron chi connectivity index (χ4n) is 1.18. The van der Waals surface area contributed by atoms with E-state index < -0.39 is 0 Å². The molecule has 1 aromatic rings. The van der Waals surface area contributed by atoms with Gasteiger partial charge in [-0.3, -0.25) is 0 Å². The van der Waals surface area contributed by atoms with Crippen LogP contribution in [0.4, 0.5) is 0 Å². The van der Waals surface area contributed by atoms with Gasteiger partial charge in [0.15, 0.2) is 0 Å². The number of hydrogen-bond donors (Lipinski definition) is 1. The molecule has 2 nitrogen and oxygen atoms in total. The average Bonchev–Trinajstić information content (AvgIpc) is 2.08. The molecule has 0 saturated heterocycles. The van der Waals surface area contributed by atoms with Gasteiger partial charge in [0.05, 0.1) is 11.6 Å². The number of hydrogen-bond acceptors (Lipinski definition) is 2. The highest BCUT2D eigenvalue weighted by atomic mass is 16.3. The Bertz CT molecular complexity index is 361. The number of benzene rings is 1. The molecule has 0 saturated carbocycles. The molecule has 0 spiro atoms. The summed E-state index contributed by atoms with van der Waals surface area (Å²) in [7, 11) is 0. The molecule has 1 N–H and O–H groups in total. The van der Waals surface area contributed by atoms with E-state index in [1.165, 1.54) is 0 Å². The number of aryl methyl sites for hydroxylation is 1. The molecule has 0 aromatic heterocycles. The number of rotatable bonds is 0. The Hall–Kier alpha value is -1.49. The van der Waals surface area contributed by atoms with Gasteiger partial charge in [0, 0.05) is 0 Å². The molecule has 0 fully saturated rings. The van der Waals surface area contributed by atoms with E-state index in [4.69, 9.17) is 5.26 Å². The van der Waals surface area contributed by atoms with Gasteiger partial charge < -0.3 is 5.11 Å². The molecule has 2 heteroatoms. The average molecular weight is 161 g/mol. The van der Waals surface area contributed by atoms with Gasteiger partial charge in [-0.25, -0.2) is 0 Å². The molecular weight excluding hydrogens is 150 g/mol. The normalized spacial score (nSPS) is 9.50. The molecule has 0 aliphatic rings. The first kappa shape index (κ1) is 8.61. The SMILES string of the molecule is Cc1cc(C#N)c(C)c(C)c1O. The second-order valence-electron chi connectivity index (χ2n) is 2.95. The molecule has 0 radical (unpaired) electrons. The fraction of sp³-hybridized carbons (Fsp3) is 0.300. The molecule has 0 amide bonds. The minimum atomic E-state index is 0.298. The van der Waals surface area contributed by atoms with Crippen LogP contribution in [-0.4, -0.2) is 5.11 Å². The zero-order valence-corrected chi connectivity index (χ0v) is 7.47. The van der Waals surface area contributed by atoms with Crippen LogP contribution in [0, 0.1) is 32.1 Å². The molecule has 0 heterocycles. The summed E-state index contributed by atoms with van der Waals surface area (Å²) in [5, 5.41) is 18.2. The van der Waals surface area contributed by atoms with Gasteiger partial charge in [-0.15, -0.1) is 0 Å². The van der Waals surface area contributed by atoms with Crippen LogP contribution in [-0.2, 0) is 0 Å². The van der Waals surface area contributed by atoms with E-state index in [2.05, 4.69) is 6.07 Å². The van der Waals surface area contributed by atoms with Gasteiger partial charge in [-0.2, -0.15) is 5.26 Å². The Balaban J connectivity index is 3.52. The summed E-state index contributed by atoms with van der Waals surface area (Å²) < 4.78 is 0. The van der Waals surface area contributed by atoms with Gasteiger partial charge in [-0.1, -0.05) is 0 Å². The third-order valence-corrected chi connectivity index (χ3v) is 2.18. The Morgan fingerprint density at radius 1 is 1.25 bits per heavy atom. The van der Waals surface area contributed by atoms with Crippen molar-refractivity contribution in [2.45, 2.75) is 20.8 Å². The molecule has 12 heavy (non-hydrogen) atoms. The van der Waals surface area contributed by atoms with Crippen LogP contribution in [0.5, 0.6) is 5.75 Å². The van der Waals surface area contributed by atoms with E-state index in [1.54, 1.807) is 13.0 Å². The van der Waals surface area contributed by atoms with E-state index in [0.717, 1.165) is 16.7 Å². The van der Waals surface area contributed by atoms with E-state index in [-0.39, 0.29) is 0 Å². The van der Waals surface area contributed by atoms with Gasteiger partial charge in [0.25, 0.3) is 0 Å². The number of nitrogens with zero attached hydrogens (tertiary/aromatic N) is 1. The van der Waals surface area contributed by atoms with Crippen molar-refractivity contribution in [3.63, 3.8) is 0 Å².